The van der Waals surface area contributed by atoms with Crippen LogP contribution >= 0.6 is 0 Å². The summed E-state index contributed by atoms with van der Waals surface area (Å²) in [6.07, 6.45) is 2.95. The second-order valence-electron chi connectivity index (χ2n) is 4.17. The maximum Gasteiger partial charge on any atom is 0.129 e. The number of nitrogens with zero attached hydrogens (tertiary/aromatic N) is 1. The Labute approximate surface area is 105 Å². The Morgan fingerprint density at radius 2 is 2.11 bits per heavy atom. The first-order chi connectivity index (χ1) is 8.83. The lowest BCUT2D eigenvalue weighted by Gasteiger charge is -2.07. The third-order valence-electron chi connectivity index (χ3n) is 2.90. The lowest BCUT2D eigenvalue weighted by molar-refractivity contribution is 0.140. The Hall–Kier alpha value is -2.07. The molecule has 1 aromatic carbocycles. The van der Waals surface area contributed by atoms with Gasteiger partial charge in [0.25, 0.3) is 0 Å². The van der Waals surface area contributed by atoms with E-state index in [4.69, 9.17) is 9.47 Å². The van der Waals surface area contributed by atoms with E-state index in [1.54, 1.807) is 12.4 Å². The van der Waals surface area contributed by atoms with Crippen molar-refractivity contribution in [3.63, 3.8) is 0 Å². The lowest BCUT2D eigenvalue weighted by atomic mass is 10.1. The Balaban J connectivity index is 1.71. The molecule has 0 amide bonds. The van der Waals surface area contributed by atoms with Crippen LogP contribution in [0.4, 0.5) is 0 Å². The molecule has 4 nitrogen and oxygen atoms in total. The van der Waals surface area contributed by atoms with Crippen LogP contribution in [0.3, 0.4) is 0 Å². The van der Waals surface area contributed by atoms with Crippen molar-refractivity contribution in [2.24, 2.45) is 0 Å². The molecule has 0 saturated carbocycles. The highest BCUT2D eigenvalue weighted by Crippen LogP contribution is 2.35. The van der Waals surface area contributed by atoms with Gasteiger partial charge in [0.05, 0.1) is 0 Å². The molecule has 1 aromatic heterocycles. The van der Waals surface area contributed by atoms with Crippen LogP contribution in [0, 0.1) is 0 Å². The molecular weight excluding hydrogens is 230 g/mol. The van der Waals surface area contributed by atoms with Gasteiger partial charge in [-0.3, -0.25) is 4.98 Å². The highest BCUT2D eigenvalue weighted by atomic mass is 16.5. The van der Waals surface area contributed by atoms with Gasteiger partial charge in [-0.1, -0.05) is 0 Å². The number of aromatic nitrogens is 1. The van der Waals surface area contributed by atoms with Gasteiger partial charge in [0.1, 0.15) is 30.8 Å². The quantitative estimate of drug-likeness (QED) is 0.896. The summed E-state index contributed by atoms with van der Waals surface area (Å²) in [5.74, 6) is 1.44. The molecule has 92 valence electrons. The molecule has 0 fully saturated rings. The molecule has 0 radical (unpaired) electrons. The van der Waals surface area contributed by atoms with Crippen molar-refractivity contribution in [3.05, 3.63) is 53.9 Å². The van der Waals surface area contributed by atoms with Crippen molar-refractivity contribution in [1.82, 2.24) is 4.98 Å². The molecule has 1 aliphatic rings. The van der Waals surface area contributed by atoms with E-state index >= 15 is 0 Å². The Morgan fingerprint density at radius 1 is 1.28 bits per heavy atom. The van der Waals surface area contributed by atoms with Crippen molar-refractivity contribution >= 4 is 0 Å². The number of rotatable bonds is 3. The summed E-state index contributed by atoms with van der Waals surface area (Å²) in [6.45, 7) is 0.813. The molecule has 2 aromatic rings. The average molecular weight is 243 g/mol. The molecule has 1 atom stereocenters. The Bertz CT molecular complexity index is 542. The van der Waals surface area contributed by atoms with Crippen LogP contribution in [-0.4, -0.2) is 16.7 Å². The zero-order chi connectivity index (χ0) is 12.4. The monoisotopic (exact) mass is 243 g/mol. The van der Waals surface area contributed by atoms with Gasteiger partial charge in [-0.2, -0.15) is 0 Å². The highest BCUT2D eigenvalue weighted by molar-refractivity contribution is 5.44. The number of hydrogen-bond donors (Lipinski definition) is 1. The van der Waals surface area contributed by atoms with Crippen molar-refractivity contribution in [3.8, 4) is 11.5 Å². The number of aliphatic hydroxyl groups excluding tert-OH is 1. The fraction of sp³-hybridized carbons (Fsp3) is 0.214. The second-order valence-corrected chi connectivity index (χ2v) is 4.17. The molecule has 1 N–H and O–H groups in total. The Morgan fingerprint density at radius 3 is 2.94 bits per heavy atom. The maximum atomic E-state index is 9.61. The SMILES string of the molecule is OC1COc2cc(OCc3ccncc3)ccc21. The summed E-state index contributed by atoms with van der Waals surface area (Å²) >= 11 is 0. The molecule has 0 bridgehead atoms. The third-order valence-corrected chi connectivity index (χ3v) is 2.90. The molecule has 0 saturated heterocycles. The summed E-state index contributed by atoms with van der Waals surface area (Å²) in [4.78, 5) is 3.95. The molecule has 4 heteroatoms. The fourth-order valence-corrected chi connectivity index (χ4v) is 1.91. The molecule has 18 heavy (non-hydrogen) atoms. The van der Waals surface area contributed by atoms with Crippen LogP contribution in [0.15, 0.2) is 42.7 Å². The van der Waals surface area contributed by atoms with E-state index in [1.807, 2.05) is 30.3 Å². The number of ether oxygens (including phenoxy) is 2. The Kier molecular flexibility index (Phi) is 2.86. The van der Waals surface area contributed by atoms with Crippen LogP contribution in [0.2, 0.25) is 0 Å². The normalized spacial score (nSPS) is 17.1. The summed E-state index contributed by atoms with van der Waals surface area (Å²) in [7, 11) is 0. The number of fused-ring (bicyclic) bond motifs is 1. The van der Waals surface area contributed by atoms with Gasteiger partial charge in [-0.15, -0.1) is 0 Å². The average Bonchev–Trinajstić information content (AvgIpc) is 2.79. The largest absolute Gasteiger partial charge is 0.490 e. The molecule has 0 aliphatic carbocycles. The predicted molar refractivity (Wildman–Crippen MR) is 65.5 cm³/mol. The third kappa shape index (κ3) is 2.15. The summed E-state index contributed by atoms with van der Waals surface area (Å²) in [6, 6.07) is 9.32. The van der Waals surface area contributed by atoms with Crippen LogP contribution in [-0.2, 0) is 6.61 Å². The fourth-order valence-electron chi connectivity index (χ4n) is 1.91. The summed E-state index contributed by atoms with van der Waals surface area (Å²) in [5.41, 5.74) is 1.89. The minimum Gasteiger partial charge on any atom is -0.490 e. The van der Waals surface area contributed by atoms with Gasteiger partial charge < -0.3 is 14.6 Å². The standard InChI is InChI=1S/C14H13NO3/c16-13-9-18-14-7-11(1-2-12(13)14)17-8-10-3-5-15-6-4-10/h1-7,13,16H,8-9H2. The van der Waals surface area contributed by atoms with Gasteiger partial charge in [0, 0.05) is 24.0 Å². The van der Waals surface area contributed by atoms with E-state index in [0.29, 0.717) is 19.0 Å². The molecule has 2 heterocycles. The second kappa shape index (κ2) is 4.66. The minimum absolute atomic E-state index is 0.323. The van der Waals surface area contributed by atoms with E-state index < -0.39 is 6.10 Å². The first-order valence-corrected chi connectivity index (χ1v) is 5.79. The summed E-state index contributed by atoms with van der Waals surface area (Å²) < 4.78 is 11.0. The number of hydrogen-bond acceptors (Lipinski definition) is 4. The minimum atomic E-state index is -0.519. The maximum absolute atomic E-state index is 9.61. The van der Waals surface area contributed by atoms with Gasteiger partial charge in [-0.05, 0) is 29.8 Å². The van der Waals surface area contributed by atoms with Crippen molar-refractivity contribution in [2.75, 3.05) is 6.61 Å². The van der Waals surface area contributed by atoms with Crippen LogP contribution in [0.25, 0.3) is 0 Å². The topological polar surface area (TPSA) is 51.6 Å². The molecule has 0 spiro atoms. The number of aliphatic hydroxyl groups is 1. The van der Waals surface area contributed by atoms with Crippen LogP contribution in [0.1, 0.15) is 17.2 Å². The van der Waals surface area contributed by atoms with Gasteiger partial charge in [-0.25, -0.2) is 0 Å². The van der Waals surface area contributed by atoms with Gasteiger partial charge in [0.15, 0.2) is 0 Å². The first kappa shape index (κ1) is 11.0. The van der Waals surface area contributed by atoms with Crippen molar-refractivity contribution in [2.45, 2.75) is 12.7 Å². The smallest absolute Gasteiger partial charge is 0.129 e. The zero-order valence-electron chi connectivity index (χ0n) is 9.74. The first-order valence-electron chi connectivity index (χ1n) is 5.79. The van der Waals surface area contributed by atoms with E-state index in [0.717, 1.165) is 16.9 Å². The highest BCUT2D eigenvalue weighted by Gasteiger charge is 2.21. The van der Waals surface area contributed by atoms with Crippen LogP contribution in [0.5, 0.6) is 11.5 Å². The lowest BCUT2D eigenvalue weighted by Crippen LogP contribution is -1.97. The molecule has 1 aliphatic heterocycles. The van der Waals surface area contributed by atoms with Crippen molar-refractivity contribution < 1.29 is 14.6 Å². The van der Waals surface area contributed by atoms with E-state index in [-0.39, 0.29) is 0 Å². The van der Waals surface area contributed by atoms with Gasteiger partial charge in [0.2, 0.25) is 0 Å². The van der Waals surface area contributed by atoms with E-state index in [2.05, 4.69) is 4.98 Å². The summed E-state index contributed by atoms with van der Waals surface area (Å²) in [5, 5.41) is 9.61. The molecular formula is C14H13NO3. The van der Waals surface area contributed by atoms with E-state index in [1.165, 1.54) is 0 Å². The molecule has 1 unspecified atom stereocenters. The van der Waals surface area contributed by atoms with E-state index in [9.17, 15) is 5.11 Å². The number of pyridine rings is 1. The van der Waals surface area contributed by atoms with Gasteiger partial charge >= 0.3 is 0 Å². The van der Waals surface area contributed by atoms with Crippen LogP contribution < -0.4 is 9.47 Å². The predicted octanol–water partition coefficient (Wildman–Crippen LogP) is 2.09. The van der Waals surface area contributed by atoms with Crippen molar-refractivity contribution in [1.29, 1.82) is 0 Å². The zero-order valence-corrected chi connectivity index (χ0v) is 9.74. The molecule has 3 rings (SSSR count). The number of benzene rings is 1.